The summed E-state index contributed by atoms with van der Waals surface area (Å²) in [5.41, 5.74) is -0.269. The van der Waals surface area contributed by atoms with Gasteiger partial charge in [-0.2, -0.15) is 5.26 Å². The summed E-state index contributed by atoms with van der Waals surface area (Å²) in [6, 6.07) is 3.93. The van der Waals surface area contributed by atoms with Crippen molar-refractivity contribution in [3.05, 3.63) is 34.4 Å². The second-order valence-corrected chi connectivity index (χ2v) is 3.01. The molecule has 0 saturated carbocycles. The first-order chi connectivity index (χ1) is 6.07. The molecule has 1 aromatic rings. The van der Waals surface area contributed by atoms with Crippen molar-refractivity contribution >= 4 is 11.6 Å². The van der Waals surface area contributed by atoms with Gasteiger partial charge in [0.2, 0.25) is 0 Å². The zero-order valence-electron chi connectivity index (χ0n) is 6.81. The first-order valence-electron chi connectivity index (χ1n) is 3.61. The van der Waals surface area contributed by atoms with Gasteiger partial charge in [0.05, 0.1) is 17.0 Å². The van der Waals surface area contributed by atoms with Crippen molar-refractivity contribution in [1.29, 1.82) is 5.26 Å². The third kappa shape index (κ3) is 1.78. The summed E-state index contributed by atoms with van der Waals surface area (Å²) in [6.45, 7) is 1.41. The molecular formula is C9H6ClF2N. The Bertz CT molecular complexity index is 371. The number of benzene rings is 1. The molecule has 0 spiro atoms. The molecule has 68 valence electrons. The van der Waals surface area contributed by atoms with Gasteiger partial charge in [-0.1, -0.05) is 11.6 Å². The maximum Gasteiger partial charge on any atom is 0.149 e. The Kier molecular flexibility index (Phi) is 2.84. The molecule has 1 rings (SSSR count). The van der Waals surface area contributed by atoms with Crippen molar-refractivity contribution in [3.8, 4) is 6.07 Å². The van der Waals surface area contributed by atoms with Gasteiger partial charge in [0.25, 0.3) is 0 Å². The van der Waals surface area contributed by atoms with Crippen LogP contribution in [0.2, 0.25) is 5.02 Å². The van der Waals surface area contributed by atoms with Crippen LogP contribution >= 0.6 is 11.6 Å². The lowest BCUT2D eigenvalue weighted by Gasteiger charge is -2.06. The molecule has 0 aliphatic rings. The maximum absolute atomic E-state index is 13.2. The summed E-state index contributed by atoms with van der Waals surface area (Å²) in [6.07, 6.45) is 0. The molecule has 0 N–H and O–H groups in total. The van der Waals surface area contributed by atoms with Gasteiger partial charge in [-0.25, -0.2) is 8.78 Å². The number of hydrogen-bond donors (Lipinski definition) is 0. The minimum Gasteiger partial charge on any atom is -0.207 e. The van der Waals surface area contributed by atoms with E-state index >= 15 is 0 Å². The highest BCUT2D eigenvalue weighted by molar-refractivity contribution is 6.30. The minimum atomic E-state index is -0.851. The summed E-state index contributed by atoms with van der Waals surface area (Å²) in [4.78, 5) is 0. The molecular weight excluding hydrogens is 196 g/mol. The molecule has 1 nitrogen and oxygen atoms in total. The van der Waals surface area contributed by atoms with E-state index in [1.165, 1.54) is 6.92 Å². The predicted molar refractivity (Wildman–Crippen MR) is 45.4 cm³/mol. The van der Waals surface area contributed by atoms with Crippen molar-refractivity contribution in [2.45, 2.75) is 12.8 Å². The molecule has 1 atom stereocenters. The molecule has 0 amide bonds. The smallest absolute Gasteiger partial charge is 0.149 e. The Morgan fingerprint density at radius 3 is 2.62 bits per heavy atom. The molecule has 4 heteroatoms. The van der Waals surface area contributed by atoms with Crippen molar-refractivity contribution in [2.24, 2.45) is 0 Å². The quantitative estimate of drug-likeness (QED) is 0.640. The van der Waals surface area contributed by atoms with Gasteiger partial charge in [0, 0.05) is 5.56 Å². The summed E-state index contributed by atoms with van der Waals surface area (Å²) >= 11 is 5.44. The van der Waals surface area contributed by atoms with Crippen LogP contribution in [-0.2, 0) is 0 Å². The van der Waals surface area contributed by atoms with Crippen molar-refractivity contribution in [2.75, 3.05) is 0 Å². The Morgan fingerprint density at radius 2 is 2.08 bits per heavy atom. The van der Waals surface area contributed by atoms with E-state index in [9.17, 15) is 8.78 Å². The van der Waals surface area contributed by atoms with Crippen LogP contribution in [0.1, 0.15) is 18.4 Å². The monoisotopic (exact) mass is 201 g/mol. The lowest BCUT2D eigenvalue weighted by Crippen LogP contribution is -1.99. The highest BCUT2D eigenvalue weighted by atomic mass is 35.5. The molecule has 0 radical (unpaired) electrons. The average molecular weight is 202 g/mol. The second-order valence-electron chi connectivity index (χ2n) is 2.61. The van der Waals surface area contributed by atoms with E-state index in [4.69, 9.17) is 16.9 Å². The van der Waals surface area contributed by atoms with E-state index in [2.05, 4.69) is 0 Å². The zero-order valence-corrected chi connectivity index (χ0v) is 7.57. The van der Waals surface area contributed by atoms with E-state index in [0.717, 1.165) is 12.1 Å². The van der Waals surface area contributed by atoms with Crippen LogP contribution in [0.15, 0.2) is 12.1 Å². The Balaban J connectivity index is 3.35. The van der Waals surface area contributed by atoms with Gasteiger partial charge in [-0.3, -0.25) is 0 Å². The van der Waals surface area contributed by atoms with E-state index < -0.39 is 17.6 Å². The fourth-order valence-corrected chi connectivity index (χ4v) is 1.17. The van der Waals surface area contributed by atoms with Gasteiger partial charge in [-0.15, -0.1) is 0 Å². The van der Waals surface area contributed by atoms with Gasteiger partial charge in [0.1, 0.15) is 11.6 Å². The summed E-state index contributed by atoms with van der Waals surface area (Å²) in [5, 5.41) is 8.33. The third-order valence-corrected chi connectivity index (χ3v) is 2.00. The number of halogens is 3. The van der Waals surface area contributed by atoms with Gasteiger partial charge >= 0.3 is 0 Å². The van der Waals surface area contributed by atoms with Crippen LogP contribution in [0, 0.1) is 23.0 Å². The Labute approximate surface area is 79.6 Å². The molecule has 0 heterocycles. The normalized spacial score (nSPS) is 12.2. The maximum atomic E-state index is 13.2. The van der Waals surface area contributed by atoms with Gasteiger partial charge < -0.3 is 0 Å². The molecule has 1 unspecified atom stereocenters. The predicted octanol–water partition coefficient (Wildman–Crippen LogP) is 3.25. The Morgan fingerprint density at radius 1 is 1.46 bits per heavy atom. The first-order valence-corrected chi connectivity index (χ1v) is 3.98. The molecule has 0 aliphatic carbocycles. The van der Waals surface area contributed by atoms with Crippen molar-refractivity contribution in [3.63, 3.8) is 0 Å². The molecule has 0 fully saturated rings. The van der Waals surface area contributed by atoms with E-state index in [1.807, 2.05) is 0 Å². The highest BCUT2D eigenvalue weighted by Gasteiger charge is 2.17. The SMILES string of the molecule is CC(C#N)c1c(F)ccc(Cl)c1F. The van der Waals surface area contributed by atoms with Crippen LogP contribution in [-0.4, -0.2) is 0 Å². The topological polar surface area (TPSA) is 23.8 Å². The van der Waals surface area contributed by atoms with E-state index in [-0.39, 0.29) is 10.6 Å². The molecule has 0 aliphatic heterocycles. The third-order valence-electron chi connectivity index (χ3n) is 1.71. The minimum absolute atomic E-state index is 0.168. The zero-order chi connectivity index (χ0) is 10.0. The van der Waals surface area contributed by atoms with Gasteiger partial charge in [0.15, 0.2) is 0 Å². The number of hydrogen-bond acceptors (Lipinski definition) is 1. The van der Waals surface area contributed by atoms with Gasteiger partial charge in [-0.05, 0) is 19.1 Å². The highest BCUT2D eigenvalue weighted by Crippen LogP contribution is 2.26. The van der Waals surface area contributed by atoms with E-state index in [0.29, 0.717) is 0 Å². The standard InChI is InChI=1S/C9H6ClF2N/c1-5(4-13)8-7(11)3-2-6(10)9(8)12/h2-3,5H,1H3. The second kappa shape index (κ2) is 3.71. The molecule has 0 aromatic heterocycles. The Hall–Kier alpha value is -1.14. The molecule has 0 saturated heterocycles. The number of nitriles is 1. The number of rotatable bonds is 1. The van der Waals surface area contributed by atoms with Crippen molar-refractivity contribution < 1.29 is 8.78 Å². The molecule has 0 bridgehead atoms. The number of nitrogens with zero attached hydrogens (tertiary/aromatic N) is 1. The van der Waals surface area contributed by atoms with Crippen LogP contribution < -0.4 is 0 Å². The van der Waals surface area contributed by atoms with Crippen LogP contribution in [0.5, 0.6) is 0 Å². The fraction of sp³-hybridized carbons (Fsp3) is 0.222. The molecule has 1 aromatic carbocycles. The summed E-state index contributed by atoms with van der Waals surface area (Å²) < 4.78 is 26.2. The largest absolute Gasteiger partial charge is 0.207 e. The lowest BCUT2D eigenvalue weighted by molar-refractivity contribution is 0.551. The van der Waals surface area contributed by atoms with Crippen molar-refractivity contribution in [1.82, 2.24) is 0 Å². The first kappa shape index (κ1) is 9.94. The van der Waals surface area contributed by atoms with Crippen LogP contribution in [0.3, 0.4) is 0 Å². The summed E-state index contributed by atoms with van der Waals surface area (Å²) in [5.74, 6) is -2.43. The van der Waals surface area contributed by atoms with Crippen LogP contribution in [0.4, 0.5) is 8.78 Å². The molecule has 13 heavy (non-hydrogen) atoms. The summed E-state index contributed by atoms with van der Waals surface area (Å²) in [7, 11) is 0. The van der Waals surface area contributed by atoms with Crippen LogP contribution in [0.25, 0.3) is 0 Å². The average Bonchev–Trinajstić information content (AvgIpc) is 2.12. The van der Waals surface area contributed by atoms with E-state index in [1.54, 1.807) is 6.07 Å². The lowest BCUT2D eigenvalue weighted by atomic mass is 10.0. The fourth-order valence-electron chi connectivity index (χ4n) is 1.00.